The molecule has 0 aliphatic carbocycles. The zero-order chi connectivity index (χ0) is 10.4. The molecule has 14 heavy (non-hydrogen) atoms. The van der Waals surface area contributed by atoms with E-state index in [-0.39, 0.29) is 6.03 Å². The molecule has 0 spiro atoms. The molecule has 0 bridgehead atoms. The molecule has 1 saturated heterocycles. The van der Waals surface area contributed by atoms with E-state index >= 15 is 0 Å². The lowest BCUT2D eigenvalue weighted by Gasteiger charge is -2.18. The van der Waals surface area contributed by atoms with Crippen molar-refractivity contribution in [2.24, 2.45) is 5.92 Å². The predicted molar refractivity (Wildman–Crippen MR) is 57.3 cm³/mol. The summed E-state index contributed by atoms with van der Waals surface area (Å²) in [5.74, 6) is 0.492. The van der Waals surface area contributed by atoms with Crippen molar-refractivity contribution in [1.82, 2.24) is 15.5 Å². The first-order chi connectivity index (χ1) is 6.74. The largest absolute Gasteiger partial charge is 0.338 e. The number of hydrogen-bond acceptors (Lipinski definition) is 2. The summed E-state index contributed by atoms with van der Waals surface area (Å²) in [6.07, 6.45) is 2.30. The van der Waals surface area contributed by atoms with Crippen molar-refractivity contribution in [2.75, 3.05) is 33.2 Å². The highest BCUT2D eigenvalue weighted by atomic mass is 16.2. The monoisotopic (exact) mass is 199 g/mol. The number of nitrogens with one attached hydrogen (secondary N) is 2. The van der Waals surface area contributed by atoms with Crippen molar-refractivity contribution in [1.29, 1.82) is 0 Å². The van der Waals surface area contributed by atoms with Crippen LogP contribution >= 0.6 is 0 Å². The maximum absolute atomic E-state index is 11.5. The molecule has 0 aromatic rings. The number of carbonyl (C=O) groups excluding carboxylic acids is 1. The Bertz CT molecular complexity index is 178. The fourth-order valence-electron chi connectivity index (χ4n) is 1.71. The minimum Gasteiger partial charge on any atom is -0.338 e. The van der Waals surface area contributed by atoms with Crippen LogP contribution in [0.15, 0.2) is 0 Å². The molecule has 1 atom stereocenters. The standard InChI is InChI=1S/C10H21N3O/c1-9(7-11-2)8-12-10(14)13-5-3-4-6-13/h9,11H,3-8H2,1-2H3,(H,12,14). The molecule has 82 valence electrons. The minimum atomic E-state index is 0.102. The van der Waals surface area contributed by atoms with E-state index in [1.165, 1.54) is 0 Å². The Hall–Kier alpha value is -0.770. The van der Waals surface area contributed by atoms with E-state index in [0.29, 0.717) is 5.92 Å². The van der Waals surface area contributed by atoms with Gasteiger partial charge in [0.2, 0.25) is 0 Å². The van der Waals surface area contributed by atoms with Crippen molar-refractivity contribution >= 4 is 6.03 Å². The summed E-state index contributed by atoms with van der Waals surface area (Å²) < 4.78 is 0. The molecule has 1 aliphatic heterocycles. The smallest absolute Gasteiger partial charge is 0.317 e. The highest BCUT2D eigenvalue weighted by Crippen LogP contribution is 2.06. The lowest BCUT2D eigenvalue weighted by Crippen LogP contribution is -2.41. The van der Waals surface area contributed by atoms with Crippen LogP contribution in [0.5, 0.6) is 0 Å². The van der Waals surface area contributed by atoms with Crippen molar-refractivity contribution in [3.8, 4) is 0 Å². The topological polar surface area (TPSA) is 44.4 Å². The number of hydrogen-bond donors (Lipinski definition) is 2. The number of rotatable bonds is 4. The van der Waals surface area contributed by atoms with E-state index in [9.17, 15) is 4.79 Å². The Morgan fingerprint density at radius 3 is 2.57 bits per heavy atom. The predicted octanol–water partition coefficient (Wildman–Crippen LogP) is 0.647. The van der Waals surface area contributed by atoms with Crippen LogP contribution in [0.25, 0.3) is 0 Å². The first kappa shape index (κ1) is 11.3. The maximum Gasteiger partial charge on any atom is 0.317 e. The van der Waals surface area contributed by atoms with Gasteiger partial charge in [0.15, 0.2) is 0 Å². The van der Waals surface area contributed by atoms with E-state index in [1.54, 1.807) is 0 Å². The summed E-state index contributed by atoms with van der Waals surface area (Å²) >= 11 is 0. The third kappa shape index (κ3) is 3.54. The third-order valence-electron chi connectivity index (χ3n) is 2.55. The van der Waals surface area contributed by atoms with Gasteiger partial charge in [-0.1, -0.05) is 6.92 Å². The molecule has 1 unspecified atom stereocenters. The molecular weight excluding hydrogens is 178 g/mol. The van der Waals surface area contributed by atoms with Gasteiger partial charge in [0.25, 0.3) is 0 Å². The normalized spacial score (nSPS) is 18.3. The van der Waals surface area contributed by atoms with Gasteiger partial charge in [0.1, 0.15) is 0 Å². The minimum absolute atomic E-state index is 0.102. The van der Waals surface area contributed by atoms with Crippen molar-refractivity contribution in [3.05, 3.63) is 0 Å². The van der Waals surface area contributed by atoms with Crippen LogP contribution in [0, 0.1) is 5.92 Å². The molecule has 4 nitrogen and oxygen atoms in total. The molecule has 1 heterocycles. The van der Waals surface area contributed by atoms with Crippen molar-refractivity contribution in [2.45, 2.75) is 19.8 Å². The number of urea groups is 1. The number of carbonyl (C=O) groups is 1. The molecule has 0 radical (unpaired) electrons. The van der Waals surface area contributed by atoms with Gasteiger partial charge in [-0.3, -0.25) is 0 Å². The van der Waals surface area contributed by atoms with Crippen LogP contribution in [-0.2, 0) is 0 Å². The summed E-state index contributed by atoms with van der Waals surface area (Å²) in [5.41, 5.74) is 0. The lowest BCUT2D eigenvalue weighted by molar-refractivity contribution is 0.207. The molecule has 0 aromatic carbocycles. The van der Waals surface area contributed by atoms with Gasteiger partial charge >= 0.3 is 6.03 Å². The molecule has 1 fully saturated rings. The Morgan fingerprint density at radius 1 is 1.36 bits per heavy atom. The summed E-state index contributed by atoms with van der Waals surface area (Å²) in [6.45, 7) is 5.68. The zero-order valence-electron chi connectivity index (χ0n) is 9.18. The Morgan fingerprint density at radius 2 is 2.00 bits per heavy atom. The highest BCUT2D eigenvalue weighted by molar-refractivity contribution is 5.74. The van der Waals surface area contributed by atoms with Gasteiger partial charge in [0.05, 0.1) is 0 Å². The van der Waals surface area contributed by atoms with Gasteiger partial charge in [-0.25, -0.2) is 4.79 Å². The molecular formula is C10H21N3O. The fraction of sp³-hybridized carbons (Fsp3) is 0.900. The van der Waals surface area contributed by atoms with E-state index in [2.05, 4.69) is 17.6 Å². The highest BCUT2D eigenvalue weighted by Gasteiger charge is 2.17. The van der Waals surface area contributed by atoms with E-state index in [4.69, 9.17) is 0 Å². The molecule has 1 rings (SSSR count). The van der Waals surface area contributed by atoms with Crippen molar-refractivity contribution in [3.63, 3.8) is 0 Å². The van der Waals surface area contributed by atoms with E-state index in [1.807, 2.05) is 11.9 Å². The van der Waals surface area contributed by atoms with Gasteiger partial charge < -0.3 is 15.5 Å². The van der Waals surface area contributed by atoms with Crippen LogP contribution in [0.3, 0.4) is 0 Å². The SMILES string of the molecule is CNCC(C)CNC(=O)N1CCCC1. The van der Waals surface area contributed by atoms with Crippen LogP contribution < -0.4 is 10.6 Å². The van der Waals surface area contributed by atoms with Crippen LogP contribution in [-0.4, -0.2) is 44.2 Å². The summed E-state index contributed by atoms with van der Waals surface area (Å²) in [6, 6.07) is 0.102. The number of nitrogens with zero attached hydrogens (tertiary/aromatic N) is 1. The van der Waals surface area contributed by atoms with Crippen molar-refractivity contribution < 1.29 is 4.79 Å². The van der Waals surface area contributed by atoms with Gasteiger partial charge in [0, 0.05) is 19.6 Å². The van der Waals surface area contributed by atoms with Crippen LogP contribution in [0.2, 0.25) is 0 Å². The first-order valence-corrected chi connectivity index (χ1v) is 5.41. The van der Waals surface area contributed by atoms with Gasteiger partial charge in [-0.2, -0.15) is 0 Å². The average Bonchev–Trinajstić information content (AvgIpc) is 2.67. The molecule has 2 amide bonds. The second-order valence-electron chi connectivity index (χ2n) is 4.04. The summed E-state index contributed by atoms with van der Waals surface area (Å²) in [4.78, 5) is 13.4. The average molecular weight is 199 g/mol. The van der Waals surface area contributed by atoms with E-state index < -0.39 is 0 Å². The molecule has 2 N–H and O–H groups in total. The summed E-state index contributed by atoms with van der Waals surface area (Å²) in [7, 11) is 1.93. The molecule has 1 aliphatic rings. The second kappa shape index (κ2) is 5.86. The molecule has 4 heteroatoms. The molecule has 0 saturated carbocycles. The second-order valence-corrected chi connectivity index (χ2v) is 4.04. The van der Waals surface area contributed by atoms with E-state index in [0.717, 1.165) is 39.0 Å². The van der Waals surface area contributed by atoms with Crippen LogP contribution in [0.4, 0.5) is 4.79 Å². The van der Waals surface area contributed by atoms with Gasteiger partial charge in [-0.05, 0) is 32.4 Å². The Kier molecular flexibility index (Phi) is 4.73. The van der Waals surface area contributed by atoms with Crippen LogP contribution in [0.1, 0.15) is 19.8 Å². The quantitative estimate of drug-likeness (QED) is 0.698. The summed E-state index contributed by atoms with van der Waals surface area (Å²) in [5, 5.41) is 6.05. The third-order valence-corrected chi connectivity index (χ3v) is 2.55. The lowest BCUT2D eigenvalue weighted by atomic mass is 10.2. The zero-order valence-corrected chi connectivity index (χ0v) is 9.18. The fourth-order valence-corrected chi connectivity index (χ4v) is 1.71. The maximum atomic E-state index is 11.5. The van der Waals surface area contributed by atoms with Gasteiger partial charge in [-0.15, -0.1) is 0 Å². The molecule has 0 aromatic heterocycles. The Labute approximate surface area is 86.0 Å². The Balaban J connectivity index is 2.13. The number of likely N-dealkylation sites (tertiary alicyclic amines) is 1. The first-order valence-electron chi connectivity index (χ1n) is 5.41. The number of amides is 2.